The lowest BCUT2D eigenvalue weighted by atomic mass is 10.0. The molecule has 0 heterocycles. The minimum atomic E-state index is -0.720. The van der Waals surface area contributed by atoms with Crippen LogP contribution >= 0.6 is 11.6 Å². The van der Waals surface area contributed by atoms with Crippen molar-refractivity contribution in [2.75, 3.05) is 7.11 Å². The highest BCUT2D eigenvalue weighted by molar-refractivity contribution is 6.30. The number of ether oxygens (including phenoxy) is 1. The van der Waals surface area contributed by atoms with Gasteiger partial charge in [-0.1, -0.05) is 23.7 Å². The van der Waals surface area contributed by atoms with E-state index in [1.165, 1.54) is 14.0 Å². The molecule has 1 rings (SSSR count). The van der Waals surface area contributed by atoms with E-state index in [-0.39, 0.29) is 17.7 Å². The number of halogens is 1. The molecule has 0 unspecified atom stereocenters. The maximum Gasteiger partial charge on any atom is 0.343 e. The van der Waals surface area contributed by atoms with Crippen LogP contribution in [0.4, 0.5) is 0 Å². The van der Waals surface area contributed by atoms with Crippen LogP contribution in [0.5, 0.6) is 0 Å². The third kappa shape index (κ3) is 3.60. The van der Waals surface area contributed by atoms with Gasteiger partial charge in [-0.3, -0.25) is 4.79 Å². The Kier molecular flexibility index (Phi) is 4.92. The highest BCUT2D eigenvalue weighted by Crippen LogP contribution is 2.15. The number of hydrogen-bond acceptors (Lipinski definition) is 4. The number of rotatable bonds is 4. The lowest BCUT2D eigenvalue weighted by Gasteiger charge is -2.08. The molecule has 0 atom stereocenters. The van der Waals surface area contributed by atoms with Crippen LogP contribution in [0.2, 0.25) is 5.02 Å². The number of methoxy groups -OCH3 is 1. The summed E-state index contributed by atoms with van der Waals surface area (Å²) in [6, 6.07) is 7.05. The van der Waals surface area contributed by atoms with Crippen LogP contribution in [0.15, 0.2) is 35.5 Å². The van der Waals surface area contributed by atoms with E-state index in [0.717, 1.165) is 5.56 Å². The van der Waals surface area contributed by atoms with Gasteiger partial charge in [0.25, 0.3) is 0 Å². The standard InChI is InChI=1S/C13H14ClNO3/c1-8(16)12(13(17)18-2)11(15)7-9-4-3-5-10(14)6-9/h3-6H,7,15H2,1-2H3/b12-11-. The van der Waals surface area contributed by atoms with Gasteiger partial charge in [-0.15, -0.1) is 0 Å². The van der Waals surface area contributed by atoms with Crippen molar-refractivity contribution < 1.29 is 14.3 Å². The van der Waals surface area contributed by atoms with E-state index in [1.807, 2.05) is 6.07 Å². The molecule has 96 valence electrons. The van der Waals surface area contributed by atoms with Crippen LogP contribution in [-0.2, 0) is 20.7 Å². The number of benzene rings is 1. The minimum Gasteiger partial charge on any atom is -0.465 e. The van der Waals surface area contributed by atoms with E-state index in [4.69, 9.17) is 17.3 Å². The molecule has 0 aliphatic rings. The normalized spacial score (nSPS) is 11.7. The predicted molar refractivity (Wildman–Crippen MR) is 69.1 cm³/mol. The minimum absolute atomic E-state index is 0.113. The fourth-order valence-corrected chi connectivity index (χ4v) is 1.77. The van der Waals surface area contributed by atoms with Crippen molar-refractivity contribution in [3.63, 3.8) is 0 Å². The summed E-state index contributed by atoms with van der Waals surface area (Å²) < 4.78 is 4.53. The molecule has 1 aromatic carbocycles. The van der Waals surface area contributed by atoms with E-state index < -0.39 is 11.8 Å². The van der Waals surface area contributed by atoms with Crippen LogP contribution in [0.25, 0.3) is 0 Å². The molecule has 5 heteroatoms. The summed E-state index contributed by atoms with van der Waals surface area (Å²) in [6.45, 7) is 1.27. The average Bonchev–Trinajstić information content (AvgIpc) is 2.28. The number of hydrogen-bond donors (Lipinski definition) is 1. The molecule has 0 aromatic heterocycles. The zero-order valence-electron chi connectivity index (χ0n) is 10.2. The summed E-state index contributed by atoms with van der Waals surface area (Å²) in [4.78, 5) is 22.8. The molecule has 18 heavy (non-hydrogen) atoms. The van der Waals surface area contributed by atoms with E-state index >= 15 is 0 Å². The Morgan fingerprint density at radius 2 is 2.06 bits per heavy atom. The van der Waals surface area contributed by atoms with Crippen molar-refractivity contribution in [3.05, 3.63) is 46.1 Å². The van der Waals surface area contributed by atoms with Crippen molar-refractivity contribution in [2.24, 2.45) is 5.73 Å². The number of carbonyl (C=O) groups is 2. The molecule has 0 bridgehead atoms. The third-order valence-corrected chi connectivity index (χ3v) is 2.58. The Balaban J connectivity index is 3.06. The van der Waals surface area contributed by atoms with Crippen molar-refractivity contribution in [1.82, 2.24) is 0 Å². The second-order valence-corrected chi connectivity index (χ2v) is 4.19. The first-order valence-electron chi connectivity index (χ1n) is 5.28. The van der Waals surface area contributed by atoms with E-state index in [2.05, 4.69) is 4.74 Å². The van der Waals surface area contributed by atoms with Gasteiger partial charge in [0.15, 0.2) is 5.78 Å². The smallest absolute Gasteiger partial charge is 0.343 e. The molecule has 0 saturated heterocycles. The summed E-state index contributed by atoms with van der Waals surface area (Å²) in [7, 11) is 1.21. The molecular weight excluding hydrogens is 254 g/mol. The van der Waals surface area contributed by atoms with Gasteiger partial charge in [0.05, 0.1) is 7.11 Å². The summed E-state index contributed by atoms with van der Waals surface area (Å²) >= 11 is 5.84. The lowest BCUT2D eigenvalue weighted by molar-refractivity contribution is -0.137. The lowest BCUT2D eigenvalue weighted by Crippen LogP contribution is -2.19. The SMILES string of the molecule is COC(=O)/C(C(C)=O)=C(\N)Cc1cccc(Cl)c1. The monoisotopic (exact) mass is 267 g/mol. The zero-order chi connectivity index (χ0) is 13.7. The van der Waals surface area contributed by atoms with E-state index in [0.29, 0.717) is 5.02 Å². The molecule has 2 N–H and O–H groups in total. The third-order valence-electron chi connectivity index (χ3n) is 2.35. The maximum absolute atomic E-state index is 11.4. The molecule has 0 radical (unpaired) electrons. The van der Waals surface area contributed by atoms with Gasteiger partial charge in [-0.25, -0.2) is 4.79 Å². The molecule has 1 aromatic rings. The van der Waals surface area contributed by atoms with Crippen molar-refractivity contribution >= 4 is 23.4 Å². The Hall–Kier alpha value is -1.81. The van der Waals surface area contributed by atoms with Gasteiger partial charge in [0, 0.05) is 17.1 Å². The van der Waals surface area contributed by atoms with Gasteiger partial charge in [0.1, 0.15) is 5.57 Å². The number of Topliss-reactive ketones (excluding diaryl/α,β-unsaturated/α-hetero) is 1. The van der Waals surface area contributed by atoms with Crippen molar-refractivity contribution in [3.8, 4) is 0 Å². The van der Waals surface area contributed by atoms with Gasteiger partial charge in [-0.05, 0) is 24.6 Å². The molecule has 0 fully saturated rings. The summed E-state index contributed by atoms with van der Waals surface area (Å²) in [5.41, 5.74) is 6.68. The first-order chi connectivity index (χ1) is 8.45. The van der Waals surface area contributed by atoms with Gasteiger partial charge >= 0.3 is 5.97 Å². The highest BCUT2D eigenvalue weighted by atomic mass is 35.5. The number of esters is 1. The Bertz CT molecular complexity index is 509. The first kappa shape index (κ1) is 14.3. The summed E-state index contributed by atoms with van der Waals surface area (Å²) in [5, 5.41) is 0.572. The number of allylic oxidation sites excluding steroid dienone is 1. The van der Waals surface area contributed by atoms with Crippen LogP contribution in [0.3, 0.4) is 0 Å². The highest BCUT2D eigenvalue weighted by Gasteiger charge is 2.19. The second-order valence-electron chi connectivity index (χ2n) is 3.75. The van der Waals surface area contributed by atoms with Crippen molar-refractivity contribution in [2.45, 2.75) is 13.3 Å². The molecule has 0 spiro atoms. The number of ketones is 1. The number of nitrogens with two attached hydrogens (primary N) is 1. The zero-order valence-corrected chi connectivity index (χ0v) is 11.0. The molecule has 0 saturated carbocycles. The van der Waals surface area contributed by atoms with E-state index in [1.54, 1.807) is 18.2 Å². The number of carbonyl (C=O) groups excluding carboxylic acids is 2. The van der Waals surface area contributed by atoms with Crippen LogP contribution in [0.1, 0.15) is 12.5 Å². The molecule has 0 aliphatic carbocycles. The average molecular weight is 268 g/mol. The Morgan fingerprint density at radius 3 is 2.56 bits per heavy atom. The molecular formula is C13H14ClNO3. The first-order valence-corrected chi connectivity index (χ1v) is 5.65. The fraction of sp³-hybridized carbons (Fsp3) is 0.231. The van der Waals surface area contributed by atoms with Crippen LogP contribution in [-0.4, -0.2) is 18.9 Å². The molecule has 0 aliphatic heterocycles. The fourth-order valence-electron chi connectivity index (χ4n) is 1.56. The summed E-state index contributed by atoms with van der Waals surface area (Å²) in [6.07, 6.45) is 0.268. The largest absolute Gasteiger partial charge is 0.465 e. The Morgan fingerprint density at radius 1 is 1.39 bits per heavy atom. The van der Waals surface area contributed by atoms with Gasteiger partial charge in [0.2, 0.25) is 0 Å². The molecule has 0 amide bonds. The van der Waals surface area contributed by atoms with E-state index in [9.17, 15) is 9.59 Å². The maximum atomic E-state index is 11.4. The topological polar surface area (TPSA) is 69.4 Å². The van der Waals surface area contributed by atoms with Crippen molar-refractivity contribution in [1.29, 1.82) is 0 Å². The summed E-state index contributed by atoms with van der Waals surface area (Å²) in [5.74, 6) is -1.14. The quantitative estimate of drug-likeness (QED) is 0.391. The predicted octanol–water partition coefficient (Wildman–Crippen LogP) is 1.86. The molecule has 4 nitrogen and oxygen atoms in total. The Labute approximate surface area is 110 Å². The van der Waals surface area contributed by atoms with Crippen LogP contribution in [0, 0.1) is 0 Å². The van der Waals surface area contributed by atoms with Gasteiger partial charge < -0.3 is 10.5 Å². The van der Waals surface area contributed by atoms with Crippen LogP contribution < -0.4 is 5.73 Å². The van der Waals surface area contributed by atoms with Gasteiger partial charge in [-0.2, -0.15) is 0 Å². The second kappa shape index (κ2) is 6.21.